The second-order valence-electron chi connectivity index (χ2n) is 6.24. The summed E-state index contributed by atoms with van der Waals surface area (Å²) in [4.78, 5) is 25.2. The van der Waals surface area contributed by atoms with Gasteiger partial charge in [-0.3, -0.25) is 4.79 Å². The molecule has 25 heavy (non-hydrogen) atoms. The molecule has 5 heteroatoms. The van der Waals surface area contributed by atoms with E-state index in [1.165, 1.54) is 5.56 Å². The highest BCUT2D eigenvalue weighted by Gasteiger charge is 2.16. The Kier molecular flexibility index (Phi) is 6.17. The van der Waals surface area contributed by atoms with Crippen LogP contribution in [0.25, 0.3) is 0 Å². The third-order valence-corrected chi connectivity index (χ3v) is 4.36. The number of hydrogen-bond donors (Lipinski definition) is 2. The largest absolute Gasteiger partial charge is 0.366 e. The Morgan fingerprint density at radius 1 is 1.16 bits per heavy atom. The van der Waals surface area contributed by atoms with Gasteiger partial charge in [0.1, 0.15) is 0 Å². The van der Waals surface area contributed by atoms with Crippen LogP contribution in [0.2, 0.25) is 0 Å². The lowest BCUT2D eigenvalue weighted by Gasteiger charge is -2.25. The minimum absolute atomic E-state index is 0.0150. The van der Waals surface area contributed by atoms with E-state index in [9.17, 15) is 9.59 Å². The number of hydrogen-bond acceptors (Lipinski definition) is 2. The van der Waals surface area contributed by atoms with E-state index in [4.69, 9.17) is 5.73 Å². The summed E-state index contributed by atoms with van der Waals surface area (Å²) >= 11 is 0. The van der Waals surface area contributed by atoms with Gasteiger partial charge in [0.05, 0.1) is 6.04 Å². The Morgan fingerprint density at radius 2 is 1.84 bits per heavy atom. The summed E-state index contributed by atoms with van der Waals surface area (Å²) in [6, 6.07) is 15.2. The highest BCUT2D eigenvalue weighted by atomic mass is 16.2. The predicted octanol–water partition coefficient (Wildman–Crippen LogP) is 3.04. The zero-order valence-corrected chi connectivity index (χ0v) is 15.0. The Morgan fingerprint density at radius 3 is 2.48 bits per heavy atom. The van der Waals surface area contributed by atoms with Crippen molar-refractivity contribution in [2.75, 3.05) is 13.6 Å². The van der Waals surface area contributed by atoms with Crippen molar-refractivity contribution >= 4 is 11.9 Å². The number of nitrogens with zero attached hydrogens (tertiary/aromatic N) is 1. The van der Waals surface area contributed by atoms with Gasteiger partial charge in [-0.05, 0) is 43.5 Å². The van der Waals surface area contributed by atoms with E-state index < -0.39 is 5.91 Å². The van der Waals surface area contributed by atoms with Gasteiger partial charge < -0.3 is 16.0 Å². The molecule has 0 saturated carbocycles. The van der Waals surface area contributed by atoms with Crippen molar-refractivity contribution in [3.8, 4) is 0 Å². The number of rotatable bonds is 6. The molecule has 0 aliphatic heterocycles. The number of nitrogens with one attached hydrogen (secondary N) is 1. The van der Waals surface area contributed by atoms with E-state index in [0.717, 1.165) is 11.1 Å². The van der Waals surface area contributed by atoms with Crippen LogP contribution < -0.4 is 11.1 Å². The average molecular weight is 339 g/mol. The van der Waals surface area contributed by atoms with Gasteiger partial charge in [0.25, 0.3) is 0 Å². The number of carbonyl (C=O) groups is 2. The van der Waals surface area contributed by atoms with Gasteiger partial charge in [0.2, 0.25) is 5.91 Å². The third-order valence-electron chi connectivity index (χ3n) is 4.36. The Hall–Kier alpha value is -2.82. The van der Waals surface area contributed by atoms with Gasteiger partial charge in [-0.15, -0.1) is 0 Å². The van der Waals surface area contributed by atoms with Gasteiger partial charge in [-0.25, -0.2) is 4.79 Å². The Bertz CT molecular complexity index is 741. The molecule has 0 bridgehead atoms. The molecule has 0 aliphatic carbocycles. The molecule has 0 spiro atoms. The van der Waals surface area contributed by atoms with Crippen molar-refractivity contribution in [1.82, 2.24) is 10.2 Å². The van der Waals surface area contributed by atoms with Crippen LogP contribution in [-0.2, 0) is 6.42 Å². The van der Waals surface area contributed by atoms with Crippen LogP contribution in [-0.4, -0.2) is 30.4 Å². The first kappa shape index (κ1) is 18.5. The third kappa shape index (κ3) is 5.08. The van der Waals surface area contributed by atoms with E-state index >= 15 is 0 Å². The van der Waals surface area contributed by atoms with Crippen molar-refractivity contribution < 1.29 is 9.59 Å². The quantitative estimate of drug-likeness (QED) is 0.849. The average Bonchev–Trinajstić information content (AvgIpc) is 2.61. The van der Waals surface area contributed by atoms with Crippen molar-refractivity contribution in [2.45, 2.75) is 26.3 Å². The molecule has 0 unspecified atom stereocenters. The number of amides is 3. The predicted molar refractivity (Wildman–Crippen MR) is 99.4 cm³/mol. The number of benzene rings is 2. The van der Waals surface area contributed by atoms with Crippen molar-refractivity contribution in [3.63, 3.8) is 0 Å². The van der Waals surface area contributed by atoms with Gasteiger partial charge in [0, 0.05) is 19.2 Å². The summed E-state index contributed by atoms with van der Waals surface area (Å²) in [6.07, 6.45) is 0.639. The molecule has 3 amide bonds. The number of aryl methyl sites for hydroxylation is 1. The molecule has 5 nitrogen and oxygen atoms in total. The summed E-state index contributed by atoms with van der Waals surface area (Å²) < 4.78 is 0. The van der Waals surface area contributed by atoms with Crippen LogP contribution in [0, 0.1) is 6.92 Å². The van der Waals surface area contributed by atoms with Gasteiger partial charge >= 0.3 is 6.03 Å². The van der Waals surface area contributed by atoms with E-state index in [0.29, 0.717) is 18.5 Å². The first-order valence-electron chi connectivity index (χ1n) is 8.34. The fraction of sp³-hybridized carbons (Fsp3) is 0.300. The van der Waals surface area contributed by atoms with Gasteiger partial charge in [0.15, 0.2) is 0 Å². The van der Waals surface area contributed by atoms with Crippen LogP contribution in [0.3, 0.4) is 0 Å². The molecular formula is C20H25N3O2. The molecule has 0 aliphatic rings. The first-order chi connectivity index (χ1) is 11.9. The highest BCUT2D eigenvalue weighted by molar-refractivity contribution is 5.92. The molecule has 3 N–H and O–H groups in total. The first-order valence-corrected chi connectivity index (χ1v) is 8.34. The van der Waals surface area contributed by atoms with E-state index in [-0.39, 0.29) is 12.1 Å². The number of carbonyl (C=O) groups excluding carboxylic acids is 2. The standard InChI is InChI=1S/C20H25N3O2/c1-14-7-9-17(10-8-14)15(2)23(3)20(25)22-12-11-16-5-4-6-18(13-16)19(21)24/h4-10,13,15H,11-12H2,1-3H3,(H2,21,24)(H,22,25)/t15-/m0/s1. The Labute approximate surface area is 148 Å². The normalized spacial score (nSPS) is 11.6. The summed E-state index contributed by atoms with van der Waals surface area (Å²) in [5.41, 5.74) is 9.02. The Balaban J connectivity index is 1.88. The fourth-order valence-electron chi connectivity index (χ4n) is 2.56. The molecule has 1 atom stereocenters. The molecule has 0 aromatic heterocycles. The van der Waals surface area contributed by atoms with E-state index in [2.05, 4.69) is 5.32 Å². The van der Waals surface area contributed by atoms with Crippen LogP contribution in [0.1, 0.15) is 40.0 Å². The molecular weight excluding hydrogens is 314 g/mol. The summed E-state index contributed by atoms with van der Waals surface area (Å²) in [6.45, 7) is 4.53. The molecule has 0 saturated heterocycles. The molecule has 0 radical (unpaired) electrons. The zero-order valence-electron chi connectivity index (χ0n) is 15.0. The van der Waals surface area contributed by atoms with Crippen LogP contribution in [0.15, 0.2) is 48.5 Å². The van der Waals surface area contributed by atoms with Crippen molar-refractivity contribution in [3.05, 3.63) is 70.8 Å². The van der Waals surface area contributed by atoms with Crippen LogP contribution in [0.5, 0.6) is 0 Å². The number of primary amides is 1. The molecule has 2 aromatic carbocycles. The van der Waals surface area contributed by atoms with Crippen molar-refractivity contribution in [2.24, 2.45) is 5.73 Å². The maximum Gasteiger partial charge on any atom is 0.317 e. The minimum atomic E-state index is -0.447. The van der Waals surface area contributed by atoms with E-state index in [1.54, 1.807) is 30.1 Å². The van der Waals surface area contributed by atoms with Crippen molar-refractivity contribution in [1.29, 1.82) is 0 Å². The minimum Gasteiger partial charge on any atom is -0.366 e. The summed E-state index contributed by atoms with van der Waals surface area (Å²) in [5.74, 6) is -0.447. The molecule has 0 heterocycles. The van der Waals surface area contributed by atoms with Crippen LogP contribution >= 0.6 is 0 Å². The van der Waals surface area contributed by atoms with Gasteiger partial charge in [-0.1, -0.05) is 42.0 Å². The van der Waals surface area contributed by atoms with Crippen LogP contribution in [0.4, 0.5) is 4.79 Å². The highest BCUT2D eigenvalue weighted by Crippen LogP contribution is 2.19. The topological polar surface area (TPSA) is 75.4 Å². The van der Waals surface area contributed by atoms with Gasteiger partial charge in [-0.2, -0.15) is 0 Å². The molecule has 2 aromatic rings. The second kappa shape index (κ2) is 8.33. The fourth-order valence-corrected chi connectivity index (χ4v) is 2.56. The van der Waals surface area contributed by atoms with E-state index in [1.807, 2.05) is 44.2 Å². The number of nitrogens with two attached hydrogens (primary N) is 1. The lowest BCUT2D eigenvalue weighted by Crippen LogP contribution is -2.39. The summed E-state index contributed by atoms with van der Waals surface area (Å²) in [5, 5.41) is 2.91. The maximum atomic E-state index is 12.3. The summed E-state index contributed by atoms with van der Waals surface area (Å²) in [7, 11) is 1.79. The second-order valence-corrected chi connectivity index (χ2v) is 6.24. The maximum absolute atomic E-state index is 12.3. The number of urea groups is 1. The monoisotopic (exact) mass is 339 g/mol. The molecule has 2 rings (SSSR count). The molecule has 0 fully saturated rings. The lowest BCUT2D eigenvalue weighted by atomic mass is 10.1. The smallest absolute Gasteiger partial charge is 0.317 e. The molecule has 132 valence electrons. The zero-order chi connectivity index (χ0) is 18.4. The SMILES string of the molecule is Cc1ccc([C@H](C)N(C)C(=O)NCCc2cccc(C(N)=O)c2)cc1. The lowest BCUT2D eigenvalue weighted by molar-refractivity contribution is 0.1000.